The average Bonchev–Trinajstić information content (AvgIpc) is 2.76. The number of rotatable bonds is 7. The fourth-order valence-electron chi connectivity index (χ4n) is 5.04. The predicted octanol–water partition coefficient (Wildman–Crippen LogP) is -3.33. The Balaban J connectivity index is 1.68. The molecule has 33 heavy (non-hydrogen) atoms. The fraction of sp³-hybridized carbons (Fsp3) is 1.00. The Labute approximate surface area is 195 Å². The van der Waals surface area contributed by atoms with E-state index in [9.17, 15) is 15.3 Å². The van der Waals surface area contributed by atoms with Gasteiger partial charge in [-0.25, -0.2) is 0 Å². The van der Waals surface area contributed by atoms with Crippen molar-refractivity contribution in [3.8, 4) is 0 Å². The van der Waals surface area contributed by atoms with Crippen molar-refractivity contribution < 1.29 is 34.3 Å². The van der Waals surface area contributed by atoms with Gasteiger partial charge in [0.25, 0.3) is 0 Å². The third-order valence-corrected chi connectivity index (χ3v) is 7.24. The molecule has 13 atom stereocenters. The summed E-state index contributed by atoms with van der Waals surface area (Å²) in [4.78, 5) is 0. The maximum Gasteiger partial charge on any atom is 0.185 e. The second-order valence-electron chi connectivity index (χ2n) is 9.91. The van der Waals surface area contributed by atoms with Crippen LogP contribution in [0.3, 0.4) is 0 Å². The Morgan fingerprint density at radius 1 is 0.970 bits per heavy atom. The third-order valence-electron chi connectivity index (χ3n) is 7.24. The zero-order valence-corrected chi connectivity index (χ0v) is 20.0. The quantitative estimate of drug-likeness (QED) is 0.182. The topological polar surface area (TPSA) is 200 Å². The minimum absolute atomic E-state index is 0.0620. The van der Waals surface area contributed by atoms with E-state index in [0.717, 1.165) is 6.42 Å². The summed E-state index contributed by atoms with van der Waals surface area (Å²) in [5, 5.41) is 38.3. The molecule has 3 fully saturated rings. The maximum atomic E-state index is 11.1. The lowest BCUT2D eigenvalue weighted by atomic mass is 9.84. The number of hydrogen-bond acceptors (Lipinski definition) is 12. The van der Waals surface area contributed by atoms with Gasteiger partial charge >= 0.3 is 0 Å². The van der Waals surface area contributed by atoms with E-state index < -0.39 is 60.7 Å². The van der Waals surface area contributed by atoms with E-state index >= 15 is 0 Å². The molecule has 1 aliphatic carbocycles. The van der Waals surface area contributed by atoms with E-state index in [-0.39, 0.29) is 24.8 Å². The standard InChI is InChI=1S/C21H43N5O7/c1-9(25-3)13-6-5-10(22)19(31-13)32-16-11(23)7-12(24)17(14(16)27)33-20-15(28)18(26-4)21(2,29)8-30-20/h9-20,25-29H,5-8,22-24H2,1-4H3/t9-,10-,11+,12-,13-,14+,15-,16+,17+,18-,19-,20+,21+/m1/s1. The second-order valence-corrected chi connectivity index (χ2v) is 9.91. The summed E-state index contributed by atoms with van der Waals surface area (Å²) in [6.07, 6.45) is -4.22. The van der Waals surface area contributed by atoms with Gasteiger partial charge < -0.3 is 62.1 Å². The van der Waals surface area contributed by atoms with Crippen molar-refractivity contribution in [1.29, 1.82) is 0 Å². The number of hydrogen-bond donors (Lipinski definition) is 8. The minimum Gasteiger partial charge on any atom is -0.388 e. The van der Waals surface area contributed by atoms with E-state index in [1.54, 1.807) is 14.0 Å². The highest BCUT2D eigenvalue weighted by molar-refractivity contribution is 5.02. The Hall–Kier alpha value is -0.480. The molecule has 2 aliphatic heterocycles. The van der Waals surface area contributed by atoms with Crippen molar-refractivity contribution >= 4 is 0 Å². The van der Waals surface area contributed by atoms with Crippen LogP contribution in [-0.2, 0) is 18.9 Å². The largest absolute Gasteiger partial charge is 0.388 e. The van der Waals surface area contributed by atoms with Crippen LogP contribution in [0.5, 0.6) is 0 Å². The first kappa shape index (κ1) is 27.1. The molecule has 12 nitrogen and oxygen atoms in total. The van der Waals surface area contributed by atoms with Crippen LogP contribution >= 0.6 is 0 Å². The second kappa shape index (κ2) is 11.1. The van der Waals surface area contributed by atoms with Gasteiger partial charge in [-0.2, -0.15) is 0 Å². The summed E-state index contributed by atoms with van der Waals surface area (Å²) in [7, 11) is 3.49. The lowest BCUT2D eigenvalue weighted by molar-refractivity contribution is -0.307. The smallest absolute Gasteiger partial charge is 0.185 e. The molecule has 0 amide bonds. The summed E-state index contributed by atoms with van der Waals surface area (Å²) in [6, 6.07) is -2.11. The fourth-order valence-corrected chi connectivity index (χ4v) is 5.04. The Morgan fingerprint density at radius 3 is 2.15 bits per heavy atom. The Kier molecular flexibility index (Phi) is 9.09. The van der Waals surface area contributed by atoms with Crippen LogP contribution < -0.4 is 27.8 Å². The van der Waals surface area contributed by atoms with Crippen LogP contribution in [0, 0.1) is 0 Å². The maximum absolute atomic E-state index is 11.1. The highest BCUT2D eigenvalue weighted by atomic mass is 16.7. The molecule has 194 valence electrons. The van der Waals surface area contributed by atoms with Crippen molar-refractivity contribution in [3.05, 3.63) is 0 Å². The molecule has 3 rings (SSSR count). The number of aliphatic hydroxyl groups excluding tert-OH is 2. The lowest BCUT2D eigenvalue weighted by Gasteiger charge is -2.48. The van der Waals surface area contributed by atoms with Crippen LogP contribution in [0.1, 0.15) is 33.1 Å². The molecule has 0 aromatic heterocycles. The van der Waals surface area contributed by atoms with Gasteiger partial charge in [-0.05, 0) is 47.2 Å². The van der Waals surface area contributed by atoms with E-state index in [2.05, 4.69) is 10.6 Å². The van der Waals surface area contributed by atoms with Crippen molar-refractivity contribution in [1.82, 2.24) is 10.6 Å². The molecule has 0 bridgehead atoms. The van der Waals surface area contributed by atoms with Gasteiger partial charge in [0.15, 0.2) is 12.6 Å². The number of likely N-dealkylation sites (N-methyl/N-ethyl adjacent to an activating group) is 2. The highest BCUT2D eigenvalue weighted by Crippen LogP contribution is 2.31. The van der Waals surface area contributed by atoms with Gasteiger partial charge in [-0.1, -0.05) is 0 Å². The van der Waals surface area contributed by atoms with Gasteiger partial charge in [0.2, 0.25) is 0 Å². The average molecular weight is 478 g/mol. The number of aliphatic hydroxyl groups is 3. The summed E-state index contributed by atoms with van der Waals surface area (Å²) in [5.41, 5.74) is 17.5. The zero-order chi connectivity index (χ0) is 24.5. The van der Waals surface area contributed by atoms with Crippen LogP contribution in [0.15, 0.2) is 0 Å². The molecule has 0 unspecified atom stereocenters. The Bertz CT molecular complexity index is 632. The van der Waals surface area contributed by atoms with Crippen LogP contribution in [0.25, 0.3) is 0 Å². The minimum atomic E-state index is -1.29. The predicted molar refractivity (Wildman–Crippen MR) is 120 cm³/mol. The molecule has 3 aliphatic rings. The van der Waals surface area contributed by atoms with Crippen molar-refractivity contribution in [2.75, 3.05) is 20.7 Å². The first-order valence-electron chi connectivity index (χ1n) is 11.8. The van der Waals surface area contributed by atoms with Crippen LogP contribution in [0.4, 0.5) is 0 Å². The highest BCUT2D eigenvalue weighted by Gasteiger charge is 2.50. The third kappa shape index (κ3) is 5.85. The first-order chi connectivity index (χ1) is 15.5. The van der Waals surface area contributed by atoms with E-state index in [4.69, 9.17) is 36.1 Å². The molecule has 11 N–H and O–H groups in total. The molecule has 0 aromatic rings. The summed E-state index contributed by atoms with van der Waals surface area (Å²) >= 11 is 0. The molecule has 2 saturated heterocycles. The normalized spacial score (nSPS) is 50.2. The van der Waals surface area contributed by atoms with Crippen molar-refractivity contribution in [2.24, 2.45) is 17.2 Å². The summed E-state index contributed by atoms with van der Waals surface area (Å²) in [5.74, 6) is 0. The molecule has 0 spiro atoms. The van der Waals surface area contributed by atoms with E-state index in [0.29, 0.717) is 12.8 Å². The number of nitrogens with two attached hydrogens (primary N) is 3. The van der Waals surface area contributed by atoms with Crippen LogP contribution in [0.2, 0.25) is 0 Å². The first-order valence-corrected chi connectivity index (χ1v) is 11.8. The lowest BCUT2D eigenvalue weighted by Crippen LogP contribution is -2.68. The van der Waals surface area contributed by atoms with Gasteiger partial charge in [0.05, 0.1) is 24.8 Å². The SMILES string of the molecule is CN[C@@H]1[C@@H](O)[C@H](O[C@@H]2[C@@H](O)[C@@H](O[C@H]3O[C@@H]([C@@H](C)NC)CC[C@H]3N)[C@@H](N)C[C@H]2N)OC[C@]1(C)O. The van der Waals surface area contributed by atoms with Gasteiger partial charge in [0, 0.05) is 18.1 Å². The van der Waals surface area contributed by atoms with Crippen molar-refractivity contribution in [3.63, 3.8) is 0 Å². The molecule has 0 aromatic carbocycles. The summed E-state index contributed by atoms with van der Waals surface area (Å²) < 4.78 is 23.7. The van der Waals surface area contributed by atoms with Gasteiger partial charge in [-0.15, -0.1) is 0 Å². The number of nitrogens with one attached hydrogen (secondary N) is 2. The van der Waals surface area contributed by atoms with Gasteiger partial charge in [-0.3, -0.25) is 0 Å². The van der Waals surface area contributed by atoms with Crippen molar-refractivity contribution in [2.45, 2.75) is 112 Å². The number of ether oxygens (including phenoxy) is 4. The zero-order valence-electron chi connectivity index (χ0n) is 20.0. The molecule has 0 radical (unpaired) electrons. The van der Waals surface area contributed by atoms with Gasteiger partial charge in [0.1, 0.15) is 30.0 Å². The molecular weight excluding hydrogens is 434 g/mol. The molecule has 12 heteroatoms. The van der Waals surface area contributed by atoms with E-state index in [1.807, 2.05) is 14.0 Å². The monoisotopic (exact) mass is 477 g/mol. The molecule has 1 saturated carbocycles. The molecular formula is C21H43N5O7. The molecule has 2 heterocycles. The summed E-state index contributed by atoms with van der Waals surface area (Å²) in [6.45, 7) is 3.52. The van der Waals surface area contributed by atoms with E-state index in [1.165, 1.54) is 0 Å². The Morgan fingerprint density at radius 2 is 1.58 bits per heavy atom. The van der Waals surface area contributed by atoms with Crippen LogP contribution in [-0.4, -0.2) is 115 Å².